The molecule has 5 nitrogen and oxygen atoms in total. The average Bonchev–Trinajstić information content (AvgIpc) is 2.47. The fourth-order valence-corrected chi connectivity index (χ4v) is 2.63. The lowest BCUT2D eigenvalue weighted by Crippen LogP contribution is -2.54. The number of rotatable bonds is 3. The molecule has 0 bridgehead atoms. The van der Waals surface area contributed by atoms with Crippen molar-refractivity contribution in [2.75, 3.05) is 45.2 Å². The van der Waals surface area contributed by atoms with Crippen molar-refractivity contribution < 1.29 is 18.0 Å². The molecule has 23 heavy (non-hydrogen) atoms. The summed E-state index contributed by atoms with van der Waals surface area (Å²) >= 11 is 0. The quantitative estimate of drug-likeness (QED) is 0.848. The first-order valence-electron chi connectivity index (χ1n) is 7.41. The van der Waals surface area contributed by atoms with E-state index in [0.29, 0.717) is 31.0 Å². The van der Waals surface area contributed by atoms with Crippen LogP contribution in [-0.4, -0.2) is 73.2 Å². The van der Waals surface area contributed by atoms with E-state index in [1.165, 1.54) is 16.0 Å². The number of carbonyl (C=O) groups excluding carboxylic acids is 1. The summed E-state index contributed by atoms with van der Waals surface area (Å²) in [6, 6.07) is 3.22. The smallest absolute Gasteiger partial charge is 0.354 e. The van der Waals surface area contributed by atoms with Crippen molar-refractivity contribution in [2.45, 2.75) is 19.1 Å². The molecule has 0 aliphatic carbocycles. The first-order valence-corrected chi connectivity index (χ1v) is 7.41. The lowest BCUT2D eigenvalue weighted by molar-refractivity contribution is -0.150. The van der Waals surface area contributed by atoms with Gasteiger partial charge in [-0.25, -0.2) is 4.98 Å². The Morgan fingerprint density at radius 3 is 2.52 bits per heavy atom. The normalized spacial score (nSPS) is 19.7. The van der Waals surface area contributed by atoms with Gasteiger partial charge in [0.1, 0.15) is 5.82 Å². The van der Waals surface area contributed by atoms with Gasteiger partial charge in [-0.3, -0.25) is 9.69 Å². The maximum atomic E-state index is 12.5. The minimum atomic E-state index is -4.18. The highest BCUT2D eigenvalue weighted by Crippen LogP contribution is 2.22. The summed E-state index contributed by atoms with van der Waals surface area (Å²) in [5.41, 5.74) is 0.488. The molecule has 2 heterocycles. The van der Waals surface area contributed by atoms with Gasteiger partial charge in [-0.05, 0) is 19.1 Å². The Labute approximate surface area is 133 Å². The van der Waals surface area contributed by atoms with Crippen molar-refractivity contribution in [2.24, 2.45) is 0 Å². The van der Waals surface area contributed by atoms with Gasteiger partial charge in [-0.1, -0.05) is 0 Å². The van der Waals surface area contributed by atoms with Crippen molar-refractivity contribution in [1.82, 2.24) is 14.8 Å². The van der Waals surface area contributed by atoms with Crippen LogP contribution < -0.4 is 4.90 Å². The van der Waals surface area contributed by atoms with Gasteiger partial charge in [0.25, 0.3) is 5.91 Å². The zero-order valence-electron chi connectivity index (χ0n) is 13.5. The number of hydrogen-bond donors (Lipinski definition) is 0. The maximum absolute atomic E-state index is 12.5. The lowest BCUT2D eigenvalue weighted by atomic mass is 10.2. The van der Waals surface area contributed by atoms with E-state index in [1.54, 1.807) is 33.2 Å². The molecular weight excluding hydrogens is 309 g/mol. The van der Waals surface area contributed by atoms with E-state index in [9.17, 15) is 18.0 Å². The van der Waals surface area contributed by atoms with Crippen molar-refractivity contribution in [3.63, 3.8) is 0 Å². The van der Waals surface area contributed by atoms with Crippen LogP contribution in [-0.2, 0) is 0 Å². The summed E-state index contributed by atoms with van der Waals surface area (Å²) in [7, 11) is 3.33. The highest BCUT2D eigenvalue weighted by atomic mass is 19.4. The van der Waals surface area contributed by atoms with Crippen molar-refractivity contribution in [1.29, 1.82) is 0 Å². The standard InChI is InChI=1S/C15H21F3N4O/c1-11-9-21(6-7-22(11)10-15(16,17)18)13-5-4-12(8-19-13)14(23)20(2)3/h4-5,8,11H,6-7,9-10H2,1-3H3. The number of amides is 1. The minimum absolute atomic E-state index is 0.132. The zero-order valence-corrected chi connectivity index (χ0v) is 13.5. The fourth-order valence-electron chi connectivity index (χ4n) is 2.63. The van der Waals surface area contributed by atoms with Crippen LogP contribution in [0.25, 0.3) is 0 Å². The molecule has 128 valence electrons. The minimum Gasteiger partial charge on any atom is -0.354 e. The first-order chi connectivity index (χ1) is 10.7. The number of carbonyl (C=O) groups is 1. The SMILES string of the molecule is CC1CN(c2ccc(C(=O)N(C)C)cn2)CCN1CC(F)(F)F. The third kappa shape index (κ3) is 4.57. The summed E-state index contributed by atoms with van der Waals surface area (Å²) in [5.74, 6) is 0.547. The van der Waals surface area contributed by atoms with Crippen molar-refractivity contribution >= 4 is 11.7 Å². The van der Waals surface area contributed by atoms with Gasteiger partial charge >= 0.3 is 6.18 Å². The summed E-state index contributed by atoms with van der Waals surface area (Å²) in [6.45, 7) is 2.19. The third-order valence-corrected chi connectivity index (χ3v) is 3.87. The van der Waals surface area contributed by atoms with Crippen LogP contribution in [0.5, 0.6) is 0 Å². The number of piperazine rings is 1. The van der Waals surface area contributed by atoms with E-state index in [0.717, 1.165) is 0 Å². The maximum Gasteiger partial charge on any atom is 0.401 e. The second kappa shape index (κ2) is 6.74. The predicted molar refractivity (Wildman–Crippen MR) is 81.6 cm³/mol. The molecule has 0 saturated carbocycles. The Hall–Kier alpha value is -1.83. The summed E-state index contributed by atoms with van der Waals surface area (Å²) in [6.07, 6.45) is -2.67. The molecule has 1 fully saturated rings. The molecule has 1 saturated heterocycles. The van der Waals surface area contributed by atoms with Gasteiger partial charge in [0, 0.05) is 46.0 Å². The molecule has 2 rings (SSSR count). The number of halogens is 3. The number of hydrogen-bond acceptors (Lipinski definition) is 4. The van der Waals surface area contributed by atoms with E-state index >= 15 is 0 Å². The van der Waals surface area contributed by atoms with Gasteiger partial charge in [0.15, 0.2) is 0 Å². The van der Waals surface area contributed by atoms with E-state index in [-0.39, 0.29) is 11.9 Å². The molecule has 1 amide bonds. The van der Waals surface area contributed by atoms with Gasteiger partial charge in [0.05, 0.1) is 12.1 Å². The molecule has 1 unspecified atom stereocenters. The van der Waals surface area contributed by atoms with Gasteiger partial charge in [0.2, 0.25) is 0 Å². The second-order valence-electron chi connectivity index (χ2n) is 5.99. The van der Waals surface area contributed by atoms with E-state index < -0.39 is 12.7 Å². The van der Waals surface area contributed by atoms with Crippen molar-refractivity contribution in [3.05, 3.63) is 23.9 Å². The van der Waals surface area contributed by atoms with Crippen LogP contribution in [0.3, 0.4) is 0 Å². The number of nitrogens with zero attached hydrogens (tertiary/aromatic N) is 4. The van der Waals surface area contributed by atoms with Crippen LogP contribution in [0.2, 0.25) is 0 Å². The molecule has 1 atom stereocenters. The molecule has 1 aliphatic heterocycles. The van der Waals surface area contributed by atoms with Gasteiger partial charge < -0.3 is 9.80 Å². The lowest BCUT2D eigenvalue weighted by Gasteiger charge is -2.40. The molecule has 0 radical (unpaired) electrons. The van der Waals surface area contributed by atoms with Crippen LogP contribution in [0, 0.1) is 0 Å². The molecule has 0 aromatic carbocycles. The highest BCUT2D eigenvalue weighted by molar-refractivity contribution is 5.93. The van der Waals surface area contributed by atoms with Crippen LogP contribution in [0.15, 0.2) is 18.3 Å². The predicted octanol–water partition coefficient (Wildman–Crippen LogP) is 1.86. The molecule has 1 aromatic heterocycles. The summed E-state index contributed by atoms with van der Waals surface area (Å²) in [5, 5.41) is 0. The Morgan fingerprint density at radius 1 is 1.35 bits per heavy atom. The topological polar surface area (TPSA) is 39.7 Å². The van der Waals surface area contributed by atoms with Crippen LogP contribution in [0.4, 0.5) is 19.0 Å². The summed E-state index contributed by atoms with van der Waals surface area (Å²) < 4.78 is 37.5. The van der Waals surface area contributed by atoms with Crippen LogP contribution in [0.1, 0.15) is 17.3 Å². The first kappa shape index (κ1) is 17.5. The average molecular weight is 330 g/mol. The van der Waals surface area contributed by atoms with Gasteiger partial charge in [-0.15, -0.1) is 0 Å². The Balaban J connectivity index is 2.00. The van der Waals surface area contributed by atoms with E-state index in [1.807, 2.05) is 4.90 Å². The Bertz CT molecular complexity index is 545. The number of alkyl halides is 3. The van der Waals surface area contributed by atoms with Crippen molar-refractivity contribution in [3.8, 4) is 0 Å². The second-order valence-corrected chi connectivity index (χ2v) is 5.99. The summed E-state index contributed by atoms with van der Waals surface area (Å²) in [4.78, 5) is 20.9. The number of pyridine rings is 1. The Kier molecular flexibility index (Phi) is 5.13. The van der Waals surface area contributed by atoms with Gasteiger partial charge in [-0.2, -0.15) is 13.2 Å². The number of aromatic nitrogens is 1. The molecule has 1 aliphatic rings. The molecular formula is C15H21F3N4O. The fraction of sp³-hybridized carbons (Fsp3) is 0.600. The molecule has 8 heteroatoms. The third-order valence-electron chi connectivity index (χ3n) is 3.87. The Morgan fingerprint density at radius 2 is 2.04 bits per heavy atom. The number of anilines is 1. The van der Waals surface area contributed by atoms with E-state index in [2.05, 4.69) is 4.98 Å². The monoisotopic (exact) mass is 330 g/mol. The molecule has 0 N–H and O–H groups in total. The van der Waals surface area contributed by atoms with Crippen LogP contribution >= 0.6 is 0 Å². The highest BCUT2D eigenvalue weighted by Gasteiger charge is 2.35. The largest absolute Gasteiger partial charge is 0.401 e. The zero-order chi connectivity index (χ0) is 17.2. The molecule has 1 aromatic rings. The van der Waals surface area contributed by atoms with E-state index in [4.69, 9.17) is 0 Å². The molecule has 0 spiro atoms.